The molecule has 15 heavy (non-hydrogen) atoms. The van der Waals surface area contributed by atoms with Crippen LogP contribution in [0.3, 0.4) is 0 Å². The standard InChI is InChI=1S/C11H21NO2S/c1-12-9-5-3-4-6-10(9)15-8-7-11(13)14-2/h9-10,12H,3-8H2,1-2H3. The average molecular weight is 231 g/mol. The van der Waals surface area contributed by atoms with Crippen LogP contribution in [-0.2, 0) is 9.53 Å². The highest BCUT2D eigenvalue weighted by Crippen LogP contribution is 2.28. The highest BCUT2D eigenvalue weighted by Gasteiger charge is 2.23. The first-order chi connectivity index (χ1) is 7.27. The number of carbonyl (C=O) groups excluding carboxylic acids is 1. The average Bonchev–Trinajstić information content (AvgIpc) is 2.29. The molecule has 1 fully saturated rings. The zero-order valence-corrected chi connectivity index (χ0v) is 10.4. The number of methoxy groups -OCH3 is 1. The van der Waals surface area contributed by atoms with Crippen LogP contribution >= 0.6 is 11.8 Å². The van der Waals surface area contributed by atoms with Crippen molar-refractivity contribution in [1.29, 1.82) is 0 Å². The molecule has 2 atom stereocenters. The van der Waals surface area contributed by atoms with Crippen molar-refractivity contribution >= 4 is 17.7 Å². The molecule has 2 unspecified atom stereocenters. The monoisotopic (exact) mass is 231 g/mol. The van der Waals surface area contributed by atoms with Crippen molar-refractivity contribution < 1.29 is 9.53 Å². The number of hydrogen-bond acceptors (Lipinski definition) is 4. The summed E-state index contributed by atoms with van der Waals surface area (Å²) in [5, 5.41) is 4.04. The van der Waals surface area contributed by atoms with Crippen molar-refractivity contribution in [3.63, 3.8) is 0 Å². The molecule has 0 aromatic heterocycles. The molecule has 3 nitrogen and oxygen atoms in total. The van der Waals surface area contributed by atoms with Crippen LogP contribution in [0, 0.1) is 0 Å². The second kappa shape index (κ2) is 7.12. The van der Waals surface area contributed by atoms with E-state index in [4.69, 9.17) is 0 Å². The number of thioether (sulfide) groups is 1. The van der Waals surface area contributed by atoms with Gasteiger partial charge in [0.05, 0.1) is 13.5 Å². The molecule has 1 rings (SSSR count). The lowest BCUT2D eigenvalue weighted by molar-refractivity contribution is -0.140. The normalized spacial score (nSPS) is 26.3. The van der Waals surface area contributed by atoms with Gasteiger partial charge in [-0.25, -0.2) is 0 Å². The van der Waals surface area contributed by atoms with Gasteiger partial charge in [-0.2, -0.15) is 11.8 Å². The van der Waals surface area contributed by atoms with Gasteiger partial charge >= 0.3 is 5.97 Å². The summed E-state index contributed by atoms with van der Waals surface area (Å²) in [6.45, 7) is 0. The van der Waals surface area contributed by atoms with Gasteiger partial charge in [-0.1, -0.05) is 12.8 Å². The Morgan fingerprint density at radius 1 is 1.47 bits per heavy atom. The van der Waals surface area contributed by atoms with Gasteiger partial charge in [0.25, 0.3) is 0 Å². The maximum Gasteiger partial charge on any atom is 0.306 e. The smallest absolute Gasteiger partial charge is 0.306 e. The molecule has 1 saturated carbocycles. The Labute approximate surface area is 96.3 Å². The summed E-state index contributed by atoms with van der Waals surface area (Å²) < 4.78 is 4.62. The van der Waals surface area contributed by atoms with E-state index in [1.54, 1.807) is 0 Å². The fourth-order valence-electron chi connectivity index (χ4n) is 2.02. The van der Waals surface area contributed by atoms with E-state index in [1.807, 2.05) is 18.8 Å². The van der Waals surface area contributed by atoms with Crippen LogP contribution in [-0.4, -0.2) is 37.2 Å². The minimum Gasteiger partial charge on any atom is -0.469 e. The van der Waals surface area contributed by atoms with Gasteiger partial charge in [0.2, 0.25) is 0 Å². The van der Waals surface area contributed by atoms with Crippen LogP contribution in [0.2, 0.25) is 0 Å². The van der Waals surface area contributed by atoms with Crippen molar-refractivity contribution in [2.24, 2.45) is 0 Å². The second-order valence-electron chi connectivity index (χ2n) is 3.92. The summed E-state index contributed by atoms with van der Waals surface area (Å²) in [6, 6.07) is 0.626. The summed E-state index contributed by atoms with van der Waals surface area (Å²) in [5.41, 5.74) is 0. The first-order valence-electron chi connectivity index (χ1n) is 5.63. The summed E-state index contributed by atoms with van der Waals surface area (Å²) in [4.78, 5) is 11.0. The maximum absolute atomic E-state index is 11.0. The van der Waals surface area contributed by atoms with Crippen LogP contribution in [0.5, 0.6) is 0 Å². The molecular formula is C11H21NO2S. The number of rotatable bonds is 5. The molecule has 0 spiro atoms. The molecule has 0 aromatic rings. The third kappa shape index (κ3) is 4.43. The van der Waals surface area contributed by atoms with E-state index in [2.05, 4.69) is 10.1 Å². The number of nitrogens with one attached hydrogen (secondary N) is 1. The fraction of sp³-hybridized carbons (Fsp3) is 0.909. The van der Waals surface area contributed by atoms with Gasteiger partial charge in [-0.15, -0.1) is 0 Å². The zero-order valence-electron chi connectivity index (χ0n) is 9.62. The number of ether oxygens (including phenoxy) is 1. The lowest BCUT2D eigenvalue weighted by atomic mass is 9.95. The Morgan fingerprint density at radius 3 is 2.87 bits per heavy atom. The second-order valence-corrected chi connectivity index (χ2v) is 5.26. The summed E-state index contributed by atoms with van der Waals surface area (Å²) in [6.07, 6.45) is 5.74. The lowest BCUT2D eigenvalue weighted by Gasteiger charge is -2.30. The van der Waals surface area contributed by atoms with Crippen LogP contribution in [0.4, 0.5) is 0 Å². The lowest BCUT2D eigenvalue weighted by Crippen LogP contribution is -2.38. The molecule has 0 aromatic carbocycles. The van der Waals surface area contributed by atoms with Gasteiger partial charge in [-0.05, 0) is 19.9 Å². The van der Waals surface area contributed by atoms with E-state index in [-0.39, 0.29) is 5.97 Å². The van der Waals surface area contributed by atoms with Crippen molar-refractivity contribution in [1.82, 2.24) is 5.32 Å². The molecule has 0 heterocycles. The molecule has 1 aliphatic rings. The molecule has 0 radical (unpaired) electrons. The third-order valence-corrected chi connectivity index (χ3v) is 4.37. The highest BCUT2D eigenvalue weighted by molar-refractivity contribution is 7.99. The molecular weight excluding hydrogens is 210 g/mol. The Bertz CT molecular complexity index is 199. The van der Waals surface area contributed by atoms with Gasteiger partial charge in [0, 0.05) is 17.0 Å². The van der Waals surface area contributed by atoms with Gasteiger partial charge < -0.3 is 10.1 Å². The molecule has 88 valence electrons. The van der Waals surface area contributed by atoms with E-state index in [1.165, 1.54) is 32.8 Å². The number of esters is 1. The van der Waals surface area contributed by atoms with Crippen molar-refractivity contribution in [3.05, 3.63) is 0 Å². The van der Waals surface area contributed by atoms with Gasteiger partial charge in [0.1, 0.15) is 0 Å². The van der Waals surface area contributed by atoms with Crippen LogP contribution < -0.4 is 5.32 Å². The summed E-state index contributed by atoms with van der Waals surface area (Å²) in [7, 11) is 3.48. The van der Waals surface area contributed by atoms with E-state index >= 15 is 0 Å². The predicted molar refractivity (Wildman–Crippen MR) is 64.2 cm³/mol. The Balaban J connectivity index is 2.20. The molecule has 1 aliphatic carbocycles. The van der Waals surface area contributed by atoms with E-state index in [0.717, 1.165) is 5.75 Å². The first-order valence-corrected chi connectivity index (χ1v) is 6.68. The predicted octanol–water partition coefficient (Wildman–Crippen LogP) is 1.81. The fourth-order valence-corrected chi connectivity index (χ4v) is 3.45. The maximum atomic E-state index is 11.0. The summed E-state index contributed by atoms with van der Waals surface area (Å²) in [5.74, 6) is 0.787. The van der Waals surface area contributed by atoms with Crippen LogP contribution in [0.25, 0.3) is 0 Å². The quantitative estimate of drug-likeness (QED) is 0.732. The van der Waals surface area contributed by atoms with Crippen molar-refractivity contribution in [3.8, 4) is 0 Å². The van der Waals surface area contributed by atoms with Gasteiger partial charge in [0.15, 0.2) is 0 Å². The molecule has 4 heteroatoms. The van der Waals surface area contributed by atoms with Crippen LogP contribution in [0.15, 0.2) is 0 Å². The van der Waals surface area contributed by atoms with Gasteiger partial charge in [-0.3, -0.25) is 4.79 Å². The Kier molecular flexibility index (Phi) is 6.10. The third-order valence-electron chi connectivity index (χ3n) is 2.94. The van der Waals surface area contributed by atoms with E-state index < -0.39 is 0 Å². The Hall–Kier alpha value is -0.220. The minimum absolute atomic E-state index is 0.0979. The van der Waals surface area contributed by atoms with Crippen molar-refractivity contribution in [2.75, 3.05) is 19.9 Å². The van der Waals surface area contributed by atoms with E-state index in [0.29, 0.717) is 17.7 Å². The van der Waals surface area contributed by atoms with Crippen LogP contribution in [0.1, 0.15) is 32.1 Å². The molecule has 0 bridgehead atoms. The molecule has 0 saturated heterocycles. The van der Waals surface area contributed by atoms with E-state index in [9.17, 15) is 4.79 Å². The Morgan fingerprint density at radius 2 is 2.20 bits per heavy atom. The first kappa shape index (κ1) is 12.8. The zero-order chi connectivity index (χ0) is 11.1. The molecule has 0 amide bonds. The highest BCUT2D eigenvalue weighted by atomic mass is 32.2. The SMILES string of the molecule is CNC1CCCCC1SCCC(=O)OC. The summed E-state index contributed by atoms with van der Waals surface area (Å²) >= 11 is 1.91. The largest absolute Gasteiger partial charge is 0.469 e. The topological polar surface area (TPSA) is 38.3 Å². The number of hydrogen-bond donors (Lipinski definition) is 1. The molecule has 0 aliphatic heterocycles. The number of carbonyl (C=O) groups is 1. The minimum atomic E-state index is -0.0979. The molecule has 1 N–H and O–H groups in total. The van der Waals surface area contributed by atoms with Crippen molar-refractivity contribution in [2.45, 2.75) is 43.4 Å².